The topological polar surface area (TPSA) is 100 Å². The van der Waals surface area contributed by atoms with E-state index in [0.717, 1.165) is 25.9 Å². The van der Waals surface area contributed by atoms with Crippen LogP contribution >= 0.6 is 15.9 Å². The van der Waals surface area contributed by atoms with E-state index in [0.29, 0.717) is 4.47 Å². The Hall–Kier alpha value is -0.740. The number of sulfonamides is 1. The highest BCUT2D eigenvalue weighted by atomic mass is 79.9. The summed E-state index contributed by atoms with van der Waals surface area (Å²) in [4.78, 5) is 6.19. The maximum atomic E-state index is 12.4. The molecule has 0 aromatic carbocycles. The van der Waals surface area contributed by atoms with Crippen LogP contribution in [0.5, 0.6) is 0 Å². The molecule has 4 N–H and O–H groups in total. The van der Waals surface area contributed by atoms with Gasteiger partial charge in [-0.25, -0.2) is 24.0 Å². The molecule has 9 heteroatoms. The fraction of sp³-hybridized carbons (Fsp3) is 0.545. The Balaban J connectivity index is 2.20. The molecule has 112 valence electrons. The first-order valence-corrected chi connectivity index (χ1v) is 8.53. The molecule has 1 aromatic rings. The van der Waals surface area contributed by atoms with Crippen LogP contribution in [0.3, 0.4) is 0 Å². The minimum absolute atomic E-state index is 0.0494. The zero-order chi connectivity index (χ0) is 14.8. The first-order valence-electron chi connectivity index (χ1n) is 6.25. The second-order valence-electron chi connectivity index (χ2n) is 4.84. The van der Waals surface area contributed by atoms with E-state index < -0.39 is 10.0 Å². The lowest BCUT2D eigenvalue weighted by molar-refractivity contribution is 0.248. The van der Waals surface area contributed by atoms with Crippen LogP contribution < -0.4 is 16.0 Å². The number of halogens is 1. The number of hydrogen-bond acceptors (Lipinski definition) is 6. The molecule has 0 spiro atoms. The minimum atomic E-state index is -3.65. The highest BCUT2D eigenvalue weighted by Gasteiger charge is 2.26. The fourth-order valence-electron chi connectivity index (χ4n) is 2.14. The summed E-state index contributed by atoms with van der Waals surface area (Å²) in [6, 6.07) is 1.43. The SMILES string of the molecule is CN1CCC(NS(=O)(=O)c2cc(Br)cnc2NN)CC1. The summed E-state index contributed by atoms with van der Waals surface area (Å²) in [6.45, 7) is 1.76. The van der Waals surface area contributed by atoms with E-state index in [-0.39, 0.29) is 16.8 Å². The zero-order valence-corrected chi connectivity index (χ0v) is 13.5. The monoisotopic (exact) mass is 363 g/mol. The number of pyridine rings is 1. The fourth-order valence-corrected chi connectivity index (χ4v) is 4.08. The number of nitrogens with zero attached hydrogens (tertiary/aromatic N) is 2. The maximum absolute atomic E-state index is 12.4. The smallest absolute Gasteiger partial charge is 0.244 e. The van der Waals surface area contributed by atoms with Gasteiger partial charge in [-0.3, -0.25) is 0 Å². The second-order valence-corrected chi connectivity index (χ2v) is 7.44. The van der Waals surface area contributed by atoms with E-state index in [4.69, 9.17) is 5.84 Å². The number of nitrogens with two attached hydrogens (primary N) is 1. The van der Waals surface area contributed by atoms with Crippen LogP contribution in [0, 0.1) is 0 Å². The highest BCUT2D eigenvalue weighted by molar-refractivity contribution is 9.10. The van der Waals surface area contributed by atoms with Crippen LogP contribution in [0.25, 0.3) is 0 Å². The predicted octanol–water partition coefficient (Wildman–Crippen LogP) is 0.502. The van der Waals surface area contributed by atoms with E-state index in [2.05, 4.69) is 36.0 Å². The van der Waals surface area contributed by atoms with Crippen LogP contribution in [-0.4, -0.2) is 44.5 Å². The summed E-state index contributed by atoms with van der Waals surface area (Å²) < 4.78 is 28.2. The maximum Gasteiger partial charge on any atom is 0.244 e. The summed E-state index contributed by atoms with van der Waals surface area (Å²) in [7, 11) is -1.62. The number of aromatic nitrogens is 1. The minimum Gasteiger partial charge on any atom is -0.307 e. The molecule has 0 unspecified atom stereocenters. The summed E-state index contributed by atoms with van der Waals surface area (Å²) in [5.41, 5.74) is 2.31. The van der Waals surface area contributed by atoms with Crippen LogP contribution in [-0.2, 0) is 10.0 Å². The summed E-state index contributed by atoms with van der Waals surface area (Å²) in [5.74, 6) is 5.46. The van der Waals surface area contributed by atoms with Gasteiger partial charge in [0.25, 0.3) is 0 Å². The van der Waals surface area contributed by atoms with Gasteiger partial charge in [0, 0.05) is 16.7 Å². The summed E-state index contributed by atoms with van der Waals surface area (Å²) >= 11 is 3.22. The van der Waals surface area contributed by atoms with Crippen LogP contribution in [0.15, 0.2) is 21.6 Å². The lowest BCUT2D eigenvalue weighted by atomic mass is 10.1. The number of anilines is 1. The molecule has 1 fully saturated rings. The molecule has 1 saturated heterocycles. The first-order chi connectivity index (χ1) is 9.42. The van der Waals surface area contributed by atoms with Gasteiger partial charge in [0.15, 0.2) is 5.82 Å². The number of nitrogens with one attached hydrogen (secondary N) is 2. The molecular weight excluding hydrogens is 346 g/mol. The Kier molecular flexibility index (Phi) is 4.97. The van der Waals surface area contributed by atoms with Gasteiger partial charge in [-0.1, -0.05) is 0 Å². The van der Waals surface area contributed by atoms with Gasteiger partial charge in [0.2, 0.25) is 10.0 Å². The summed E-state index contributed by atoms with van der Waals surface area (Å²) in [5, 5.41) is 0. The van der Waals surface area contributed by atoms with Gasteiger partial charge < -0.3 is 10.3 Å². The van der Waals surface area contributed by atoms with Gasteiger partial charge in [-0.2, -0.15) is 0 Å². The van der Waals surface area contributed by atoms with E-state index in [1.165, 1.54) is 12.3 Å². The molecule has 20 heavy (non-hydrogen) atoms. The number of nitrogen functional groups attached to an aromatic ring is 1. The molecule has 7 nitrogen and oxygen atoms in total. The van der Waals surface area contributed by atoms with Crippen molar-refractivity contribution in [2.24, 2.45) is 5.84 Å². The normalized spacial score (nSPS) is 18.1. The van der Waals surface area contributed by atoms with Crippen molar-refractivity contribution in [3.8, 4) is 0 Å². The van der Waals surface area contributed by atoms with Crippen molar-refractivity contribution in [3.05, 3.63) is 16.7 Å². The third-order valence-electron chi connectivity index (χ3n) is 3.29. The second kappa shape index (κ2) is 6.35. The lowest BCUT2D eigenvalue weighted by Crippen LogP contribution is -2.43. The van der Waals surface area contributed by atoms with Crippen molar-refractivity contribution in [2.45, 2.75) is 23.8 Å². The van der Waals surface area contributed by atoms with Crippen molar-refractivity contribution >= 4 is 31.8 Å². The molecule has 0 saturated carbocycles. The Morgan fingerprint density at radius 1 is 1.45 bits per heavy atom. The number of hydrogen-bond donors (Lipinski definition) is 3. The van der Waals surface area contributed by atoms with E-state index in [1.807, 2.05) is 7.05 Å². The van der Waals surface area contributed by atoms with Gasteiger partial charge in [0.1, 0.15) is 4.90 Å². The molecule has 0 amide bonds. The number of likely N-dealkylation sites (tertiary alicyclic amines) is 1. The van der Waals surface area contributed by atoms with Gasteiger partial charge in [-0.15, -0.1) is 0 Å². The average molecular weight is 364 g/mol. The van der Waals surface area contributed by atoms with E-state index in [1.54, 1.807) is 0 Å². The van der Waals surface area contributed by atoms with Crippen molar-refractivity contribution in [2.75, 3.05) is 25.6 Å². The van der Waals surface area contributed by atoms with Crippen molar-refractivity contribution in [1.29, 1.82) is 0 Å². The van der Waals surface area contributed by atoms with Crippen molar-refractivity contribution in [1.82, 2.24) is 14.6 Å². The van der Waals surface area contributed by atoms with Gasteiger partial charge >= 0.3 is 0 Å². The molecule has 0 atom stereocenters. The molecule has 1 aliphatic rings. The number of piperidine rings is 1. The average Bonchev–Trinajstić information content (AvgIpc) is 2.41. The lowest BCUT2D eigenvalue weighted by Gasteiger charge is -2.29. The Morgan fingerprint density at radius 3 is 2.70 bits per heavy atom. The molecule has 1 aromatic heterocycles. The van der Waals surface area contributed by atoms with Gasteiger partial charge in [-0.05, 0) is 55.0 Å². The molecule has 0 radical (unpaired) electrons. The van der Waals surface area contributed by atoms with Crippen molar-refractivity contribution in [3.63, 3.8) is 0 Å². The molecule has 0 aliphatic carbocycles. The Bertz CT molecular complexity index is 572. The largest absolute Gasteiger partial charge is 0.307 e. The van der Waals surface area contributed by atoms with Gasteiger partial charge in [0.05, 0.1) is 0 Å². The molecule has 1 aliphatic heterocycles. The summed E-state index contributed by atoms with van der Waals surface area (Å²) in [6.07, 6.45) is 3.08. The van der Waals surface area contributed by atoms with Crippen LogP contribution in [0.4, 0.5) is 5.82 Å². The van der Waals surface area contributed by atoms with E-state index >= 15 is 0 Å². The van der Waals surface area contributed by atoms with Crippen molar-refractivity contribution < 1.29 is 8.42 Å². The third kappa shape index (κ3) is 3.67. The molecule has 2 heterocycles. The molecular formula is C11H18BrN5O2S. The standard InChI is InChI=1S/C11H18BrN5O2S/c1-17-4-2-9(3-5-17)16-20(18,19)10-6-8(12)7-14-11(10)15-13/h6-7,9,16H,2-5,13H2,1H3,(H,14,15). The van der Waals surface area contributed by atoms with E-state index in [9.17, 15) is 8.42 Å². The third-order valence-corrected chi connectivity index (χ3v) is 5.25. The van der Waals surface area contributed by atoms with Crippen LogP contribution in [0.1, 0.15) is 12.8 Å². The number of hydrazine groups is 1. The number of rotatable bonds is 4. The molecule has 2 rings (SSSR count). The zero-order valence-electron chi connectivity index (χ0n) is 11.1. The quantitative estimate of drug-likeness (QED) is 0.532. The predicted molar refractivity (Wildman–Crippen MR) is 80.6 cm³/mol. The first kappa shape index (κ1) is 15.6. The van der Waals surface area contributed by atoms with Crippen LogP contribution in [0.2, 0.25) is 0 Å². The highest BCUT2D eigenvalue weighted by Crippen LogP contribution is 2.23. The molecule has 0 bridgehead atoms. The Morgan fingerprint density at radius 2 is 2.10 bits per heavy atom. The Labute approximate surface area is 127 Å².